The standard InChI is InChI=1S/C15H24N2O.ClH/c1-3-10-17(11-4-2)15(18)14(16)12-13-8-6-5-7-9-13;/h5-9,14H,3-4,10-12,16H2,1-2H3;1H/t14-;/m0./s1. The first-order chi connectivity index (χ1) is 8.69. The number of nitrogens with two attached hydrogens (primary N) is 1. The van der Waals surface area contributed by atoms with Crippen LogP contribution in [0, 0.1) is 0 Å². The third kappa shape index (κ3) is 6.08. The number of benzene rings is 1. The lowest BCUT2D eigenvalue weighted by molar-refractivity contribution is -0.132. The number of nitrogens with zero attached hydrogens (tertiary/aromatic N) is 1. The molecule has 1 rings (SSSR count). The highest BCUT2D eigenvalue weighted by Crippen LogP contribution is 2.05. The summed E-state index contributed by atoms with van der Waals surface area (Å²) in [5.41, 5.74) is 7.14. The molecule has 3 nitrogen and oxygen atoms in total. The smallest absolute Gasteiger partial charge is 0.239 e. The molecule has 0 aromatic heterocycles. The highest BCUT2D eigenvalue weighted by molar-refractivity contribution is 5.85. The molecule has 0 aliphatic carbocycles. The Labute approximate surface area is 122 Å². The Bertz CT molecular complexity index is 350. The molecule has 1 atom stereocenters. The van der Waals surface area contributed by atoms with E-state index in [2.05, 4.69) is 13.8 Å². The fourth-order valence-electron chi connectivity index (χ4n) is 2.06. The summed E-state index contributed by atoms with van der Waals surface area (Å²) in [6.07, 6.45) is 2.57. The molecule has 0 radical (unpaired) electrons. The fraction of sp³-hybridized carbons (Fsp3) is 0.533. The zero-order valence-electron chi connectivity index (χ0n) is 11.8. The third-order valence-electron chi connectivity index (χ3n) is 2.91. The van der Waals surface area contributed by atoms with Gasteiger partial charge in [-0.05, 0) is 24.8 Å². The van der Waals surface area contributed by atoms with Crippen molar-refractivity contribution in [1.82, 2.24) is 4.90 Å². The van der Waals surface area contributed by atoms with Gasteiger partial charge in [0, 0.05) is 13.1 Å². The van der Waals surface area contributed by atoms with Gasteiger partial charge in [-0.1, -0.05) is 44.2 Å². The normalized spacial score (nSPS) is 11.5. The van der Waals surface area contributed by atoms with Crippen molar-refractivity contribution in [2.45, 2.75) is 39.2 Å². The van der Waals surface area contributed by atoms with Gasteiger partial charge < -0.3 is 10.6 Å². The molecular formula is C15H25ClN2O. The highest BCUT2D eigenvalue weighted by Gasteiger charge is 2.19. The molecule has 0 saturated heterocycles. The number of hydrogen-bond acceptors (Lipinski definition) is 2. The molecule has 1 aromatic carbocycles. The van der Waals surface area contributed by atoms with Gasteiger partial charge in [-0.2, -0.15) is 0 Å². The molecule has 0 heterocycles. The van der Waals surface area contributed by atoms with Crippen molar-refractivity contribution in [1.29, 1.82) is 0 Å². The Kier molecular flexibility index (Phi) is 9.27. The molecule has 0 saturated carbocycles. The van der Waals surface area contributed by atoms with Gasteiger partial charge in [0.1, 0.15) is 0 Å². The molecule has 1 aromatic rings. The van der Waals surface area contributed by atoms with Crippen LogP contribution < -0.4 is 5.73 Å². The zero-order valence-corrected chi connectivity index (χ0v) is 12.7. The van der Waals surface area contributed by atoms with E-state index in [-0.39, 0.29) is 18.3 Å². The maximum atomic E-state index is 12.2. The number of halogens is 1. The van der Waals surface area contributed by atoms with Crippen LogP contribution in [-0.4, -0.2) is 29.9 Å². The Morgan fingerprint density at radius 2 is 1.68 bits per heavy atom. The molecule has 19 heavy (non-hydrogen) atoms. The number of carbonyl (C=O) groups excluding carboxylic acids is 1. The second kappa shape index (κ2) is 9.82. The summed E-state index contributed by atoms with van der Waals surface area (Å²) in [4.78, 5) is 14.1. The van der Waals surface area contributed by atoms with Crippen LogP contribution in [0.2, 0.25) is 0 Å². The summed E-state index contributed by atoms with van der Waals surface area (Å²) < 4.78 is 0. The summed E-state index contributed by atoms with van der Waals surface area (Å²) in [7, 11) is 0. The molecule has 0 bridgehead atoms. The summed E-state index contributed by atoms with van der Waals surface area (Å²) in [5.74, 6) is 0.0718. The molecule has 0 spiro atoms. The maximum Gasteiger partial charge on any atom is 0.239 e. The second-order valence-corrected chi connectivity index (χ2v) is 4.62. The van der Waals surface area contributed by atoms with Crippen molar-refractivity contribution in [3.63, 3.8) is 0 Å². The Morgan fingerprint density at radius 1 is 1.16 bits per heavy atom. The van der Waals surface area contributed by atoms with Gasteiger partial charge in [-0.3, -0.25) is 4.79 Å². The van der Waals surface area contributed by atoms with Crippen LogP contribution >= 0.6 is 12.4 Å². The number of amides is 1. The Morgan fingerprint density at radius 3 is 2.16 bits per heavy atom. The van der Waals surface area contributed by atoms with Crippen LogP contribution in [0.3, 0.4) is 0 Å². The van der Waals surface area contributed by atoms with Crippen LogP contribution in [0.15, 0.2) is 30.3 Å². The van der Waals surface area contributed by atoms with Crippen molar-refractivity contribution < 1.29 is 4.79 Å². The first kappa shape index (κ1) is 17.9. The van der Waals surface area contributed by atoms with Gasteiger partial charge in [-0.15, -0.1) is 12.4 Å². The number of rotatable bonds is 7. The zero-order chi connectivity index (χ0) is 13.4. The minimum atomic E-state index is -0.425. The molecule has 4 heteroatoms. The van der Waals surface area contributed by atoms with Gasteiger partial charge in [-0.25, -0.2) is 0 Å². The maximum absolute atomic E-state index is 12.2. The summed E-state index contributed by atoms with van der Waals surface area (Å²) >= 11 is 0. The lowest BCUT2D eigenvalue weighted by Crippen LogP contribution is -2.45. The monoisotopic (exact) mass is 284 g/mol. The lowest BCUT2D eigenvalue weighted by atomic mass is 10.1. The topological polar surface area (TPSA) is 46.3 Å². The minimum Gasteiger partial charge on any atom is -0.341 e. The molecule has 108 valence electrons. The predicted octanol–water partition coefficient (Wildman–Crippen LogP) is 2.63. The van der Waals surface area contributed by atoms with Crippen molar-refractivity contribution in [3.05, 3.63) is 35.9 Å². The SMILES string of the molecule is CCCN(CCC)C(=O)[C@@H](N)Cc1ccccc1.Cl. The Hall–Kier alpha value is -1.06. The second-order valence-electron chi connectivity index (χ2n) is 4.62. The van der Waals surface area contributed by atoms with Crippen LogP contribution in [0.1, 0.15) is 32.3 Å². The number of hydrogen-bond donors (Lipinski definition) is 1. The van der Waals surface area contributed by atoms with Crippen molar-refractivity contribution >= 4 is 18.3 Å². The van der Waals surface area contributed by atoms with Gasteiger partial charge >= 0.3 is 0 Å². The van der Waals surface area contributed by atoms with E-state index in [0.29, 0.717) is 6.42 Å². The predicted molar refractivity (Wildman–Crippen MR) is 82.5 cm³/mol. The van der Waals surface area contributed by atoms with Crippen LogP contribution in [0.5, 0.6) is 0 Å². The van der Waals surface area contributed by atoms with E-state index in [0.717, 1.165) is 31.5 Å². The van der Waals surface area contributed by atoms with Crippen molar-refractivity contribution in [2.24, 2.45) is 5.73 Å². The van der Waals surface area contributed by atoms with Crippen molar-refractivity contribution in [2.75, 3.05) is 13.1 Å². The molecule has 0 aliphatic heterocycles. The number of carbonyl (C=O) groups is 1. The molecule has 2 N–H and O–H groups in total. The van der Waals surface area contributed by atoms with Gasteiger partial charge in [0.25, 0.3) is 0 Å². The van der Waals surface area contributed by atoms with E-state index >= 15 is 0 Å². The molecule has 1 amide bonds. The third-order valence-corrected chi connectivity index (χ3v) is 2.91. The van der Waals surface area contributed by atoms with E-state index in [4.69, 9.17) is 5.73 Å². The summed E-state index contributed by atoms with van der Waals surface area (Å²) in [5, 5.41) is 0. The van der Waals surface area contributed by atoms with Gasteiger partial charge in [0.05, 0.1) is 6.04 Å². The summed E-state index contributed by atoms with van der Waals surface area (Å²) in [6, 6.07) is 9.52. The van der Waals surface area contributed by atoms with Crippen LogP contribution in [0.25, 0.3) is 0 Å². The van der Waals surface area contributed by atoms with Gasteiger partial charge in [0.15, 0.2) is 0 Å². The van der Waals surface area contributed by atoms with Crippen molar-refractivity contribution in [3.8, 4) is 0 Å². The first-order valence-electron chi connectivity index (χ1n) is 6.77. The molecule has 0 aliphatic rings. The van der Waals surface area contributed by atoms with E-state index in [9.17, 15) is 4.79 Å². The van der Waals surface area contributed by atoms with Crippen LogP contribution in [0.4, 0.5) is 0 Å². The van der Waals surface area contributed by atoms with E-state index in [1.807, 2.05) is 35.2 Å². The average molecular weight is 285 g/mol. The largest absolute Gasteiger partial charge is 0.341 e. The fourth-order valence-corrected chi connectivity index (χ4v) is 2.06. The van der Waals surface area contributed by atoms with E-state index < -0.39 is 6.04 Å². The lowest BCUT2D eigenvalue weighted by Gasteiger charge is -2.25. The van der Waals surface area contributed by atoms with E-state index in [1.165, 1.54) is 0 Å². The molecule has 0 fully saturated rings. The Balaban J connectivity index is 0.00000324. The quantitative estimate of drug-likeness (QED) is 0.837. The van der Waals surface area contributed by atoms with Gasteiger partial charge in [0.2, 0.25) is 5.91 Å². The highest BCUT2D eigenvalue weighted by atomic mass is 35.5. The minimum absolute atomic E-state index is 0. The first-order valence-corrected chi connectivity index (χ1v) is 6.77. The van der Waals surface area contributed by atoms with Crippen LogP contribution in [-0.2, 0) is 11.2 Å². The van der Waals surface area contributed by atoms with E-state index in [1.54, 1.807) is 0 Å². The molecular weight excluding hydrogens is 260 g/mol. The molecule has 0 unspecified atom stereocenters. The summed E-state index contributed by atoms with van der Waals surface area (Å²) in [6.45, 7) is 5.77. The average Bonchev–Trinajstić information content (AvgIpc) is 2.39.